The summed E-state index contributed by atoms with van der Waals surface area (Å²) in [6, 6.07) is 24.0. The Hall–Kier alpha value is -2.83. The lowest BCUT2D eigenvalue weighted by Crippen LogP contribution is -2.27. The average molecular weight is 480 g/mol. The van der Waals surface area contributed by atoms with E-state index in [1.54, 1.807) is 24.1 Å². The highest BCUT2D eigenvalue weighted by atomic mass is 32.2. The molecule has 1 saturated carbocycles. The topological polar surface area (TPSA) is 57.1 Å². The standard InChI is InChI=1S/C22H28FN3OS.C6H6/c1-16(26-28-15-17-4-2-3-5-17)14-27-21-10-11-22(18(12-21)13-24)25-20-8-6-19(23)7-9-20;1-2-4-6-5-3-1/h6-13,16-17,24-26H,2-5,14-15H2,1H3;1-6H. The fourth-order valence-corrected chi connectivity index (χ4v) is 4.70. The van der Waals surface area contributed by atoms with Gasteiger partial charge in [-0.15, -0.1) is 0 Å². The van der Waals surface area contributed by atoms with Crippen LogP contribution in [0.25, 0.3) is 0 Å². The van der Waals surface area contributed by atoms with Gasteiger partial charge < -0.3 is 15.5 Å². The number of hydrogen-bond donors (Lipinski definition) is 3. The van der Waals surface area contributed by atoms with Crippen LogP contribution in [0.2, 0.25) is 0 Å². The molecule has 0 spiro atoms. The van der Waals surface area contributed by atoms with Gasteiger partial charge in [0, 0.05) is 34.9 Å². The Bertz CT molecular complexity index is 952. The van der Waals surface area contributed by atoms with E-state index in [1.807, 2.05) is 54.6 Å². The molecular formula is C28H34FN3OS. The molecule has 4 nitrogen and oxygen atoms in total. The van der Waals surface area contributed by atoms with Crippen LogP contribution in [0.3, 0.4) is 0 Å². The van der Waals surface area contributed by atoms with E-state index in [1.165, 1.54) is 49.8 Å². The molecule has 0 amide bonds. The Labute approximate surface area is 207 Å². The van der Waals surface area contributed by atoms with Crippen molar-refractivity contribution < 1.29 is 9.13 Å². The second-order valence-electron chi connectivity index (χ2n) is 8.47. The summed E-state index contributed by atoms with van der Waals surface area (Å²) in [7, 11) is 0. The van der Waals surface area contributed by atoms with Crippen molar-refractivity contribution >= 4 is 29.5 Å². The van der Waals surface area contributed by atoms with Crippen molar-refractivity contribution in [1.29, 1.82) is 5.41 Å². The van der Waals surface area contributed by atoms with Gasteiger partial charge in [-0.2, -0.15) is 0 Å². The molecule has 1 unspecified atom stereocenters. The van der Waals surface area contributed by atoms with Crippen LogP contribution in [0, 0.1) is 17.1 Å². The van der Waals surface area contributed by atoms with Crippen LogP contribution in [0.1, 0.15) is 38.2 Å². The molecule has 0 aromatic heterocycles. The minimum absolute atomic E-state index is 0.242. The quantitative estimate of drug-likeness (QED) is 0.209. The minimum Gasteiger partial charge on any atom is -0.492 e. The maximum Gasteiger partial charge on any atom is 0.123 e. The van der Waals surface area contributed by atoms with E-state index in [4.69, 9.17) is 10.1 Å². The number of benzene rings is 3. The first kappa shape index (κ1) is 25.8. The Morgan fingerprint density at radius 1 is 1.03 bits per heavy atom. The molecule has 0 bridgehead atoms. The van der Waals surface area contributed by atoms with Crippen molar-refractivity contribution in [1.82, 2.24) is 4.72 Å². The predicted molar refractivity (Wildman–Crippen MR) is 143 cm³/mol. The molecule has 1 aliphatic carbocycles. The van der Waals surface area contributed by atoms with Gasteiger partial charge in [0.2, 0.25) is 0 Å². The smallest absolute Gasteiger partial charge is 0.123 e. The summed E-state index contributed by atoms with van der Waals surface area (Å²) in [6.45, 7) is 2.68. The predicted octanol–water partition coefficient (Wildman–Crippen LogP) is 7.45. The molecule has 4 rings (SSSR count). The molecule has 3 aromatic carbocycles. The number of rotatable bonds is 10. The van der Waals surface area contributed by atoms with Crippen LogP contribution < -0.4 is 14.8 Å². The fraction of sp³-hybridized carbons (Fsp3) is 0.321. The van der Waals surface area contributed by atoms with Gasteiger partial charge in [0.15, 0.2) is 0 Å². The molecule has 34 heavy (non-hydrogen) atoms. The summed E-state index contributed by atoms with van der Waals surface area (Å²) in [5.41, 5.74) is 2.28. The minimum atomic E-state index is -0.272. The Morgan fingerprint density at radius 2 is 1.68 bits per heavy atom. The maximum atomic E-state index is 13.0. The zero-order valence-electron chi connectivity index (χ0n) is 19.7. The maximum absolute atomic E-state index is 13.0. The zero-order valence-corrected chi connectivity index (χ0v) is 20.5. The van der Waals surface area contributed by atoms with Crippen LogP contribution >= 0.6 is 11.9 Å². The summed E-state index contributed by atoms with van der Waals surface area (Å²) in [4.78, 5) is 0. The number of ether oxygens (including phenoxy) is 1. The summed E-state index contributed by atoms with van der Waals surface area (Å²) in [5, 5.41) is 10.9. The molecule has 0 saturated heterocycles. The number of hydrogen-bond acceptors (Lipinski definition) is 5. The highest BCUT2D eigenvalue weighted by Gasteiger charge is 2.15. The lowest BCUT2D eigenvalue weighted by Gasteiger charge is -2.17. The summed E-state index contributed by atoms with van der Waals surface area (Å²) >= 11 is 1.80. The monoisotopic (exact) mass is 479 g/mol. The molecular weight excluding hydrogens is 445 g/mol. The van der Waals surface area contributed by atoms with E-state index >= 15 is 0 Å². The molecule has 6 heteroatoms. The number of anilines is 2. The van der Waals surface area contributed by atoms with Crippen LogP contribution in [0.15, 0.2) is 78.9 Å². The molecule has 0 radical (unpaired) electrons. The first-order chi connectivity index (χ1) is 16.6. The lowest BCUT2D eigenvalue weighted by atomic mass is 10.1. The van der Waals surface area contributed by atoms with Crippen molar-refractivity contribution in [2.24, 2.45) is 5.92 Å². The molecule has 3 aromatic rings. The van der Waals surface area contributed by atoms with Crippen molar-refractivity contribution in [3.8, 4) is 5.75 Å². The molecule has 1 atom stereocenters. The number of nitrogens with one attached hydrogen (secondary N) is 3. The molecule has 0 heterocycles. The van der Waals surface area contributed by atoms with Crippen LogP contribution in [-0.2, 0) is 0 Å². The SMILES string of the molecule is CC(COc1ccc(Nc2ccc(F)cc2)c(C=N)c1)NSCC1CCCC1.c1ccccc1. The van der Waals surface area contributed by atoms with E-state index in [9.17, 15) is 4.39 Å². The molecule has 1 aliphatic rings. The van der Waals surface area contributed by atoms with E-state index in [-0.39, 0.29) is 11.9 Å². The largest absolute Gasteiger partial charge is 0.492 e. The zero-order chi connectivity index (χ0) is 24.0. The van der Waals surface area contributed by atoms with Gasteiger partial charge in [0.05, 0.1) is 0 Å². The Morgan fingerprint density at radius 3 is 2.29 bits per heavy atom. The van der Waals surface area contributed by atoms with Gasteiger partial charge in [-0.1, -0.05) is 61.2 Å². The molecule has 1 fully saturated rings. The summed E-state index contributed by atoms with van der Waals surface area (Å²) in [5.74, 6) is 2.50. The summed E-state index contributed by atoms with van der Waals surface area (Å²) in [6.07, 6.45) is 6.78. The van der Waals surface area contributed by atoms with E-state index < -0.39 is 0 Å². The Balaban J connectivity index is 0.000000469. The van der Waals surface area contributed by atoms with E-state index in [0.29, 0.717) is 6.61 Å². The van der Waals surface area contributed by atoms with Crippen molar-refractivity contribution in [3.05, 3.63) is 90.2 Å². The molecule has 180 valence electrons. The van der Waals surface area contributed by atoms with Gasteiger partial charge in [-0.05, 0) is 68.1 Å². The average Bonchev–Trinajstić information content (AvgIpc) is 3.40. The van der Waals surface area contributed by atoms with Gasteiger partial charge in [-0.25, -0.2) is 4.39 Å². The lowest BCUT2D eigenvalue weighted by molar-refractivity contribution is 0.290. The van der Waals surface area contributed by atoms with E-state index in [2.05, 4.69) is 17.0 Å². The fourth-order valence-electron chi connectivity index (χ4n) is 3.68. The third kappa shape index (κ3) is 9.20. The van der Waals surface area contributed by atoms with Crippen LogP contribution in [-0.4, -0.2) is 24.6 Å². The third-order valence-electron chi connectivity index (χ3n) is 5.55. The first-order valence-electron chi connectivity index (χ1n) is 11.8. The van der Waals surface area contributed by atoms with Gasteiger partial charge in [-0.3, -0.25) is 4.72 Å². The highest BCUT2D eigenvalue weighted by Crippen LogP contribution is 2.27. The normalized spacial score (nSPS) is 14.1. The van der Waals surface area contributed by atoms with Crippen LogP contribution in [0.5, 0.6) is 5.75 Å². The van der Waals surface area contributed by atoms with Crippen LogP contribution in [0.4, 0.5) is 15.8 Å². The second kappa shape index (κ2) is 14.4. The highest BCUT2D eigenvalue weighted by molar-refractivity contribution is 7.97. The van der Waals surface area contributed by atoms with Gasteiger partial charge in [0.1, 0.15) is 18.2 Å². The molecule has 0 aliphatic heterocycles. The van der Waals surface area contributed by atoms with Crippen molar-refractivity contribution in [3.63, 3.8) is 0 Å². The van der Waals surface area contributed by atoms with Crippen molar-refractivity contribution in [2.75, 3.05) is 17.7 Å². The summed E-state index contributed by atoms with van der Waals surface area (Å²) < 4.78 is 22.4. The van der Waals surface area contributed by atoms with Crippen molar-refractivity contribution in [2.45, 2.75) is 38.6 Å². The first-order valence-corrected chi connectivity index (χ1v) is 12.8. The Kier molecular flexibility index (Phi) is 10.9. The molecule has 3 N–H and O–H groups in total. The third-order valence-corrected chi connectivity index (χ3v) is 6.75. The second-order valence-corrected chi connectivity index (χ2v) is 9.33. The van der Waals surface area contributed by atoms with E-state index in [0.717, 1.165) is 28.6 Å². The van der Waals surface area contributed by atoms with Gasteiger partial charge in [0.25, 0.3) is 0 Å². The van der Waals surface area contributed by atoms with Gasteiger partial charge >= 0.3 is 0 Å². The number of halogens is 1.